The molecule has 2 saturated heterocycles. The number of likely N-dealkylation sites (N-methyl/N-ethyl adjacent to an activating group) is 1. The Labute approximate surface area is 642 Å². The van der Waals surface area contributed by atoms with Gasteiger partial charge in [-0.1, -0.05) is 65.9 Å². The van der Waals surface area contributed by atoms with Crippen molar-refractivity contribution in [1.82, 2.24) is 77.6 Å². The molecule has 10 atom stereocenters. The number of methoxy groups -OCH3 is 1. The van der Waals surface area contributed by atoms with Crippen LogP contribution in [-0.4, -0.2) is 252 Å². The maximum Gasteiger partial charge on any atom is 0.246 e. The second kappa shape index (κ2) is 38.3. The molecule has 0 radical (unpaired) electrons. The van der Waals surface area contributed by atoms with E-state index >= 15 is 28.4 Å². The van der Waals surface area contributed by atoms with E-state index in [0.29, 0.717) is 80.7 Å². The zero-order chi connectivity index (χ0) is 79.5. The SMILES string of the molecule is COc1ccc(C[C@@H]2NC(=O)[C@H]([C@H](C)O)NC(=O)[C@@H]3[C@@H]4CCN3C(=O)[C@H](Cc3c[nH]c5ccc(F)cc35)NC(=O)[C@H](Cc3cccc(c3)Cn3cc(nn3)CO4)NC(=O)[C@@H](C)NC(=O)[C@H](CNC(=O)CCOCCOCC[N+](C)(C)C)NC(=O)CCC(=O)NCc3ccc(cc3)CCNC(=O)[C@]3(C)CCCN3C2=O)cc1. The van der Waals surface area contributed by atoms with Crippen LogP contribution in [0.4, 0.5) is 4.39 Å². The van der Waals surface area contributed by atoms with E-state index in [1.165, 1.54) is 59.8 Å². The number of H-pyrrole nitrogens is 1. The predicted octanol–water partition coefficient (Wildman–Crippen LogP) is 0.188. The molecule has 111 heavy (non-hydrogen) atoms. The molecule has 0 unspecified atom stereocenters. The molecule has 4 aromatic carbocycles. The summed E-state index contributed by atoms with van der Waals surface area (Å²) >= 11 is 0. The third-order valence-electron chi connectivity index (χ3n) is 20.2. The highest BCUT2D eigenvalue weighted by Gasteiger charge is 2.50. The highest BCUT2D eigenvalue weighted by Crippen LogP contribution is 2.32. The topological polar surface area (TPSA) is 406 Å². The summed E-state index contributed by atoms with van der Waals surface area (Å²) in [5, 5.41) is 45.3. The van der Waals surface area contributed by atoms with E-state index in [-0.39, 0.29) is 97.5 Å². The highest BCUT2D eigenvalue weighted by molar-refractivity contribution is 6.00. The average Bonchev–Trinajstić information content (AvgIpc) is 1.67. The smallest absolute Gasteiger partial charge is 0.246 e. The number of amides is 11. The van der Waals surface area contributed by atoms with Gasteiger partial charge in [-0.3, -0.25) is 52.7 Å². The molecule has 6 aromatic rings. The van der Waals surface area contributed by atoms with Crippen LogP contribution in [0.2, 0.25) is 0 Å². The van der Waals surface area contributed by atoms with Crippen LogP contribution in [0.5, 0.6) is 5.75 Å². The van der Waals surface area contributed by atoms with Gasteiger partial charge in [0.05, 0.1) is 86.2 Å². The lowest BCUT2D eigenvalue weighted by molar-refractivity contribution is -0.870. The summed E-state index contributed by atoms with van der Waals surface area (Å²) in [4.78, 5) is 167. The molecule has 32 nitrogen and oxygen atoms in total. The van der Waals surface area contributed by atoms with Crippen molar-refractivity contribution in [2.75, 3.05) is 87.4 Å². The van der Waals surface area contributed by atoms with Crippen LogP contribution in [0, 0.1) is 5.82 Å². The predicted molar refractivity (Wildman–Crippen MR) is 401 cm³/mol. The van der Waals surface area contributed by atoms with E-state index in [9.17, 15) is 33.9 Å². The monoisotopic (exact) mass is 1540 g/mol. The van der Waals surface area contributed by atoms with Gasteiger partial charge in [0.2, 0.25) is 65.0 Å². The first-order valence-electron chi connectivity index (χ1n) is 37.5. The lowest BCUT2D eigenvalue weighted by Crippen LogP contribution is -2.64. The second-order valence-electron chi connectivity index (χ2n) is 29.8. The van der Waals surface area contributed by atoms with E-state index in [1.54, 1.807) is 73.8 Å². The summed E-state index contributed by atoms with van der Waals surface area (Å²) in [5.41, 5.74) is 3.07. The fourth-order valence-electron chi connectivity index (χ4n) is 13.8. The number of aliphatic hydroxyl groups excluding tert-OH is 1. The molecule has 0 spiro atoms. The number of nitrogens with zero attached hydrogens (tertiary/aromatic N) is 6. The van der Waals surface area contributed by atoms with Gasteiger partial charge in [-0.25, -0.2) is 9.07 Å². The van der Waals surface area contributed by atoms with Crippen molar-refractivity contribution in [2.45, 2.75) is 165 Å². The number of aromatic amines is 1. The summed E-state index contributed by atoms with van der Waals surface area (Å²) in [6, 6.07) is 14.0. The first kappa shape index (κ1) is 82.7. The highest BCUT2D eigenvalue weighted by atomic mass is 19.1. The van der Waals surface area contributed by atoms with Crippen LogP contribution in [0.15, 0.2) is 103 Å². The molecule has 11 amide bonds. The van der Waals surface area contributed by atoms with Crippen molar-refractivity contribution < 1.29 is 85.7 Å². The van der Waals surface area contributed by atoms with Crippen molar-refractivity contribution in [3.8, 4) is 5.75 Å². The summed E-state index contributed by atoms with van der Waals surface area (Å²) in [6.45, 7) is 5.64. The Morgan fingerprint density at radius 1 is 0.739 bits per heavy atom. The summed E-state index contributed by atoms with van der Waals surface area (Å²) in [5.74, 6) is -8.64. The van der Waals surface area contributed by atoms with Gasteiger partial charge in [0.1, 0.15) is 71.6 Å². The van der Waals surface area contributed by atoms with Gasteiger partial charge in [0, 0.05) is 88.3 Å². The van der Waals surface area contributed by atoms with Crippen molar-refractivity contribution >= 4 is 75.9 Å². The van der Waals surface area contributed by atoms with Crippen LogP contribution in [-0.2, 0) is 112 Å². The zero-order valence-corrected chi connectivity index (χ0v) is 63.7. The first-order chi connectivity index (χ1) is 53.1. The Morgan fingerprint density at radius 2 is 1.46 bits per heavy atom. The number of benzene rings is 4. The van der Waals surface area contributed by atoms with E-state index in [2.05, 4.69) is 63.1 Å². The van der Waals surface area contributed by atoms with Gasteiger partial charge in [-0.05, 0) is 110 Å². The minimum Gasteiger partial charge on any atom is -0.497 e. The van der Waals surface area contributed by atoms with Crippen LogP contribution in [0.1, 0.15) is 98.4 Å². The Kier molecular flexibility index (Phi) is 28.5. The molecule has 0 saturated carbocycles. The van der Waals surface area contributed by atoms with Gasteiger partial charge in [-0.2, -0.15) is 0 Å². The van der Waals surface area contributed by atoms with Crippen LogP contribution >= 0.6 is 0 Å². The Bertz CT molecular complexity index is 4300. The number of aliphatic hydroxyl groups is 1. The third kappa shape index (κ3) is 23.0. The Morgan fingerprint density at radius 3 is 2.21 bits per heavy atom. The molecule has 11 rings (SSSR count). The molecule has 7 heterocycles. The molecule has 2 fully saturated rings. The average molecular weight is 1540 g/mol. The number of nitrogens with one attached hydrogen (secondary N) is 10. The minimum absolute atomic E-state index is 0.000837. The fraction of sp³-hybridized carbons (Fsp3) is 0.500. The second-order valence-corrected chi connectivity index (χ2v) is 29.8. The summed E-state index contributed by atoms with van der Waals surface area (Å²) in [7, 11) is 7.61. The number of fused-ring (bicyclic) bond motifs is 28. The lowest BCUT2D eigenvalue weighted by atomic mass is 9.95. The normalized spacial score (nSPS) is 23.8. The van der Waals surface area contributed by atoms with Crippen molar-refractivity contribution in [3.05, 3.63) is 148 Å². The van der Waals surface area contributed by atoms with Gasteiger partial charge in [0.15, 0.2) is 0 Å². The van der Waals surface area contributed by atoms with E-state index < -0.39 is 144 Å². The van der Waals surface area contributed by atoms with Gasteiger partial charge in [0.25, 0.3) is 0 Å². The number of aromatic nitrogens is 4. The van der Waals surface area contributed by atoms with Crippen molar-refractivity contribution in [1.29, 1.82) is 0 Å². The number of rotatable bonds is 17. The number of carbonyl (C=O) groups is 11. The van der Waals surface area contributed by atoms with Crippen molar-refractivity contribution in [2.24, 2.45) is 0 Å². The molecule has 10 bridgehead atoms. The number of quaternary nitrogens is 1. The molecule has 596 valence electrons. The van der Waals surface area contributed by atoms with Gasteiger partial charge in [-0.15, -0.1) is 5.10 Å². The fourth-order valence-corrected chi connectivity index (χ4v) is 13.8. The maximum atomic E-state index is 15.9. The molecule has 11 N–H and O–H groups in total. The number of hydrogen-bond donors (Lipinski definition) is 11. The molecule has 2 aromatic heterocycles. The maximum absolute atomic E-state index is 15.9. The molecular formula is C78H102FN16O16+. The summed E-state index contributed by atoms with van der Waals surface area (Å²) in [6.07, 6.45) is -0.176. The summed E-state index contributed by atoms with van der Waals surface area (Å²) < 4.78 is 40.6. The molecule has 5 aliphatic heterocycles. The minimum atomic E-state index is -1.82. The quantitative estimate of drug-likeness (QED) is 0.0330. The first-order valence-corrected chi connectivity index (χ1v) is 37.5. The lowest BCUT2D eigenvalue weighted by Gasteiger charge is -2.37. The van der Waals surface area contributed by atoms with E-state index in [1.807, 2.05) is 33.3 Å². The number of halogens is 1. The zero-order valence-electron chi connectivity index (χ0n) is 63.7. The van der Waals surface area contributed by atoms with Crippen LogP contribution in [0.25, 0.3) is 10.9 Å². The number of ether oxygens (including phenoxy) is 4. The van der Waals surface area contributed by atoms with E-state index in [0.717, 1.165) is 12.1 Å². The number of hydrogen-bond acceptors (Lipinski definition) is 18. The molecule has 5 aliphatic rings. The third-order valence-corrected chi connectivity index (χ3v) is 20.2. The van der Waals surface area contributed by atoms with Crippen LogP contribution < -0.4 is 52.6 Å². The molecule has 33 heteroatoms. The number of carbonyl (C=O) groups excluding carboxylic acids is 11. The van der Waals surface area contributed by atoms with Gasteiger partial charge >= 0.3 is 0 Å². The molecule has 0 aliphatic carbocycles. The standard InChI is InChI=1S/C78H101FN16O16/c1-47-70(100)86-60-38-52-10-8-11-53(36-52)44-92-45-56(90-91-92)46-111-64-25-30-93(75(105)62(87-71(60)101)39-54-42-81-59-21-18-55(79)40-58(54)59)69(64)74(104)89-68(48(2)96)73(103)88-61(37-50-16-19-57(108-7)20-17-50)76(106)94-29-9-27-78(94,3)77(107)80-28-24-49-12-14-51(15-13-49)41-82-65(97)22-23-67(99)85-63(72(102)84-47)43-83-66(98)26-32-109-34-35-110-33-31-95(4,5)6/h8,10-21,36,40,42,45,47-48,60-64,68-69,81,96H,9,22-35,37-39,41,43-44,46H2,1-7H3,(H8-,80,82,83,84,85,86,87,88,89,97,98,99,100,101,102,103,104,107)/p+1/t47-,48+,60+,61+,62+,63+,64+,68+,69+,78+/m1/s1. The van der Waals surface area contributed by atoms with Crippen molar-refractivity contribution in [3.63, 3.8) is 0 Å². The van der Waals surface area contributed by atoms with E-state index in [4.69, 9.17) is 18.9 Å². The Hall–Kier alpha value is -10.7. The van der Waals surface area contributed by atoms with Gasteiger partial charge < -0.3 is 91.2 Å². The Balaban J connectivity index is 0.981. The van der Waals surface area contributed by atoms with Crippen LogP contribution in [0.3, 0.4) is 0 Å². The largest absolute Gasteiger partial charge is 0.497 e. The molecular weight excluding hydrogens is 1440 g/mol.